The first-order valence-corrected chi connectivity index (χ1v) is 5.70. The van der Waals surface area contributed by atoms with Gasteiger partial charge in [-0.15, -0.1) is 0 Å². The monoisotopic (exact) mass is 210 g/mol. The van der Waals surface area contributed by atoms with E-state index in [4.69, 9.17) is 4.74 Å². The quantitative estimate of drug-likeness (QED) is 0.677. The highest BCUT2D eigenvalue weighted by molar-refractivity contribution is 5.89. The van der Waals surface area contributed by atoms with Gasteiger partial charge in [-0.2, -0.15) is 0 Å². The number of carbonyl (C=O) groups is 1. The smallest absolute Gasteiger partial charge is 0.337 e. The van der Waals surface area contributed by atoms with Gasteiger partial charge in [-0.05, 0) is 32.1 Å². The van der Waals surface area contributed by atoms with Crippen LogP contribution in [0.1, 0.15) is 44.9 Å². The molecular formula is C12H18O3. The lowest BCUT2D eigenvalue weighted by Gasteiger charge is -2.33. The summed E-state index contributed by atoms with van der Waals surface area (Å²) in [5, 5.41) is 10.2. The van der Waals surface area contributed by atoms with E-state index in [1.807, 2.05) is 0 Å². The summed E-state index contributed by atoms with van der Waals surface area (Å²) in [7, 11) is 1.37. The molecule has 0 heterocycles. The van der Waals surface area contributed by atoms with Crippen LogP contribution in [-0.4, -0.2) is 18.2 Å². The van der Waals surface area contributed by atoms with Crippen LogP contribution in [0.5, 0.6) is 0 Å². The maximum Gasteiger partial charge on any atom is 0.337 e. The second-order valence-electron chi connectivity index (χ2n) is 4.66. The zero-order valence-corrected chi connectivity index (χ0v) is 9.21. The molecule has 0 bridgehead atoms. The second kappa shape index (κ2) is 3.87. The second-order valence-corrected chi connectivity index (χ2v) is 4.66. The molecule has 1 N–H and O–H groups in total. The third-order valence-electron chi connectivity index (χ3n) is 3.86. The summed E-state index contributed by atoms with van der Waals surface area (Å²) in [6.45, 7) is 0. The van der Waals surface area contributed by atoms with Gasteiger partial charge in [0.05, 0.1) is 12.7 Å². The van der Waals surface area contributed by atoms with E-state index in [2.05, 4.69) is 0 Å². The van der Waals surface area contributed by atoms with Crippen LogP contribution < -0.4 is 0 Å². The normalized spacial score (nSPS) is 24.6. The molecule has 84 valence electrons. The average molecular weight is 210 g/mol. The molecule has 2 aliphatic rings. The summed E-state index contributed by atoms with van der Waals surface area (Å²) < 4.78 is 4.71. The Morgan fingerprint density at radius 2 is 1.87 bits per heavy atom. The lowest BCUT2D eigenvalue weighted by Crippen LogP contribution is -2.27. The van der Waals surface area contributed by atoms with Crippen LogP contribution in [0, 0.1) is 5.41 Å². The molecule has 0 amide bonds. The van der Waals surface area contributed by atoms with E-state index in [0.29, 0.717) is 17.8 Å². The van der Waals surface area contributed by atoms with E-state index in [1.165, 1.54) is 20.0 Å². The third-order valence-corrected chi connectivity index (χ3v) is 3.86. The minimum absolute atomic E-state index is 0.0816. The zero-order chi connectivity index (χ0) is 10.9. The van der Waals surface area contributed by atoms with Crippen LogP contribution >= 0.6 is 0 Å². The highest BCUT2D eigenvalue weighted by Crippen LogP contribution is 2.51. The fourth-order valence-electron chi connectivity index (χ4n) is 3.02. The minimum Gasteiger partial charge on any atom is -0.511 e. The molecule has 2 rings (SSSR count). The Bertz CT molecular complexity index is 298. The standard InChI is InChI=1S/C12H18O3/c1-15-11(14)9-5-4-8-12(10(9)13)6-2-3-7-12/h13H,2-8H2,1H3. The molecule has 1 fully saturated rings. The highest BCUT2D eigenvalue weighted by atomic mass is 16.5. The first kappa shape index (κ1) is 10.5. The van der Waals surface area contributed by atoms with Gasteiger partial charge in [0.1, 0.15) is 5.76 Å². The molecule has 0 saturated heterocycles. The first-order chi connectivity index (χ1) is 7.19. The van der Waals surface area contributed by atoms with Crippen LogP contribution in [0.4, 0.5) is 0 Å². The van der Waals surface area contributed by atoms with Crippen molar-refractivity contribution in [1.82, 2.24) is 0 Å². The summed E-state index contributed by atoms with van der Waals surface area (Å²) in [4.78, 5) is 11.5. The van der Waals surface area contributed by atoms with Crippen molar-refractivity contribution < 1.29 is 14.6 Å². The predicted octanol–water partition coefficient (Wildman–Crippen LogP) is 2.72. The highest BCUT2D eigenvalue weighted by Gasteiger charge is 2.42. The molecule has 0 unspecified atom stereocenters. The number of ether oxygens (including phenoxy) is 1. The molecule has 0 aromatic rings. The number of hydrogen-bond donors (Lipinski definition) is 1. The number of carbonyl (C=O) groups excluding carboxylic acids is 1. The molecular weight excluding hydrogens is 192 g/mol. The summed E-state index contributed by atoms with van der Waals surface area (Å²) in [5.41, 5.74) is 0.438. The van der Waals surface area contributed by atoms with Crippen molar-refractivity contribution in [1.29, 1.82) is 0 Å². The lowest BCUT2D eigenvalue weighted by molar-refractivity contribution is -0.136. The number of hydrogen-bond acceptors (Lipinski definition) is 3. The van der Waals surface area contributed by atoms with Crippen molar-refractivity contribution in [3.8, 4) is 0 Å². The van der Waals surface area contributed by atoms with Crippen LogP contribution in [-0.2, 0) is 9.53 Å². The maximum absolute atomic E-state index is 11.5. The molecule has 0 aromatic heterocycles. The van der Waals surface area contributed by atoms with Gasteiger partial charge in [0.2, 0.25) is 0 Å². The molecule has 15 heavy (non-hydrogen) atoms. The van der Waals surface area contributed by atoms with E-state index < -0.39 is 0 Å². The number of allylic oxidation sites excluding steroid dienone is 1. The van der Waals surface area contributed by atoms with Crippen molar-refractivity contribution in [3.63, 3.8) is 0 Å². The Kier molecular flexibility index (Phi) is 2.72. The number of aliphatic hydroxyl groups is 1. The molecule has 0 atom stereocenters. The molecule has 1 spiro atoms. The van der Waals surface area contributed by atoms with Gasteiger partial charge in [-0.1, -0.05) is 12.8 Å². The molecule has 0 aromatic carbocycles. The van der Waals surface area contributed by atoms with E-state index in [0.717, 1.165) is 25.7 Å². The SMILES string of the molecule is COC(=O)C1=C(O)C2(CCCC2)CCC1. The number of esters is 1. The van der Waals surface area contributed by atoms with E-state index >= 15 is 0 Å². The van der Waals surface area contributed by atoms with Gasteiger partial charge in [0, 0.05) is 5.41 Å². The Morgan fingerprint density at radius 3 is 2.47 bits per heavy atom. The Morgan fingerprint density at radius 1 is 1.27 bits per heavy atom. The van der Waals surface area contributed by atoms with Gasteiger partial charge in [-0.3, -0.25) is 0 Å². The van der Waals surface area contributed by atoms with E-state index in [9.17, 15) is 9.90 Å². The topological polar surface area (TPSA) is 46.5 Å². The van der Waals surface area contributed by atoms with Gasteiger partial charge < -0.3 is 9.84 Å². The van der Waals surface area contributed by atoms with Crippen LogP contribution in [0.25, 0.3) is 0 Å². The summed E-state index contributed by atoms with van der Waals surface area (Å²) in [6.07, 6.45) is 7.07. The number of aliphatic hydroxyl groups excluding tert-OH is 1. The molecule has 2 aliphatic carbocycles. The van der Waals surface area contributed by atoms with Gasteiger partial charge in [-0.25, -0.2) is 4.79 Å². The third kappa shape index (κ3) is 1.64. The van der Waals surface area contributed by atoms with E-state index in [-0.39, 0.29) is 11.4 Å². The zero-order valence-electron chi connectivity index (χ0n) is 9.21. The molecule has 0 radical (unpaired) electrons. The largest absolute Gasteiger partial charge is 0.511 e. The van der Waals surface area contributed by atoms with Gasteiger partial charge in [0.15, 0.2) is 0 Å². The summed E-state index contributed by atoms with van der Waals surface area (Å²) >= 11 is 0. The van der Waals surface area contributed by atoms with Gasteiger partial charge in [0.25, 0.3) is 0 Å². The fourth-order valence-corrected chi connectivity index (χ4v) is 3.02. The predicted molar refractivity (Wildman–Crippen MR) is 56.4 cm³/mol. The number of methoxy groups -OCH3 is 1. The molecule has 0 aliphatic heterocycles. The first-order valence-electron chi connectivity index (χ1n) is 5.70. The Labute approximate surface area is 90.1 Å². The Hall–Kier alpha value is -0.990. The Balaban J connectivity index is 2.32. The molecule has 1 saturated carbocycles. The van der Waals surface area contributed by atoms with Crippen molar-refractivity contribution in [2.45, 2.75) is 44.9 Å². The van der Waals surface area contributed by atoms with Crippen molar-refractivity contribution in [3.05, 3.63) is 11.3 Å². The van der Waals surface area contributed by atoms with Crippen LogP contribution in [0.15, 0.2) is 11.3 Å². The fraction of sp³-hybridized carbons (Fsp3) is 0.750. The minimum atomic E-state index is -0.349. The van der Waals surface area contributed by atoms with Crippen LogP contribution in [0.2, 0.25) is 0 Å². The lowest BCUT2D eigenvalue weighted by atomic mass is 9.73. The maximum atomic E-state index is 11.5. The molecule has 3 nitrogen and oxygen atoms in total. The van der Waals surface area contributed by atoms with Crippen molar-refractivity contribution in [2.75, 3.05) is 7.11 Å². The average Bonchev–Trinajstić information content (AvgIpc) is 2.71. The summed E-state index contributed by atoms with van der Waals surface area (Å²) in [6, 6.07) is 0. The number of rotatable bonds is 1. The van der Waals surface area contributed by atoms with Crippen molar-refractivity contribution >= 4 is 5.97 Å². The van der Waals surface area contributed by atoms with Gasteiger partial charge >= 0.3 is 5.97 Å². The van der Waals surface area contributed by atoms with Crippen molar-refractivity contribution in [2.24, 2.45) is 5.41 Å². The molecule has 3 heteroatoms. The summed E-state index contributed by atoms with van der Waals surface area (Å²) in [5.74, 6) is -0.0171. The van der Waals surface area contributed by atoms with E-state index in [1.54, 1.807) is 0 Å². The van der Waals surface area contributed by atoms with Crippen LogP contribution in [0.3, 0.4) is 0 Å².